The van der Waals surface area contributed by atoms with Gasteiger partial charge in [-0.15, -0.1) is 0 Å². The van der Waals surface area contributed by atoms with E-state index in [2.05, 4.69) is 20.8 Å². The summed E-state index contributed by atoms with van der Waals surface area (Å²) in [6.45, 7) is 1.72. The number of carbonyl (C=O) groups is 2. The first-order chi connectivity index (χ1) is 10.5. The van der Waals surface area contributed by atoms with Crippen LogP contribution in [0.4, 0.5) is 5.69 Å². The number of nitro benzene ring substituents is 1. The number of nitrogens with one attached hydrogen (secondary N) is 2. The largest absolute Gasteiger partial charge is 0.289 e. The molecular formula is C13H11N5O4. The number of rotatable bonds is 3. The van der Waals surface area contributed by atoms with Crippen molar-refractivity contribution in [3.8, 4) is 0 Å². The van der Waals surface area contributed by atoms with E-state index in [0.29, 0.717) is 5.69 Å². The number of nitro groups is 1. The summed E-state index contributed by atoms with van der Waals surface area (Å²) >= 11 is 0. The van der Waals surface area contributed by atoms with Gasteiger partial charge in [0.05, 0.1) is 16.8 Å². The van der Waals surface area contributed by atoms with Crippen LogP contribution in [0.2, 0.25) is 0 Å². The molecule has 0 aliphatic rings. The molecule has 0 radical (unpaired) electrons. The summed E-state index contributed by atoms with van der Waals surface area (Å²) < 4.78 is 0. The molecule has 0 aliphatic carbocycles. The highest BCUT2D eigenvalue weighted by Crippen LogP contribution is 2.12. The van der Waals surface area contributed by atoms with Crippen LogP contribution in [0, 0.1) is 17.0 Å². The summed E-state index contributed by atoms with van der Waals surface area (Å²) in [5.74, 6) is -1.33. The Kier molecular flexibility index (Phi) is 4.37. The Morgan fingerprint density at radius 3 is 2.50 bits per heavy atom. The molecular weight excluding hydrogens is 290 g/mol. The van der Waals surface area contributed by atoms with Gasteiger partial charge < -0.3 is 0 Å². The molecule has 2 rings (SSSR count). The average molecular weight is 301 g/mol. The second-order valence-corrected chi connectivity index (χ2v) is 4.26. The molecule has 0 saturated heterocycles. The van der Waals surface area contributed by atoms with E-state index in [1.54, 1.807) is 6.92 Å². The molecule has 2 N–H and O–H groups in total. The van der Waals surface area contributed by atoms with Crippen molar-refractivity contribution in [1.82, 2.24) is 20.8 Å². The van der Waals surface area contributed by atoms with E-state index < -0.39 is 16.7 Å². The highest BCUT2D eigenvalue weighted by molar-refractivity contribution is 5.98. The summed E-state index contributed by atoms with van der Waals surface area (Å²) in [4.78, 5) is 41.3. The highest BCUT2D eigenvalue weighted by Gasteiger charge is 2.13. The van der Waals surface area contributed by atoms with E-state index in [9.17, 15) is 19.7 Å². The van der Waals surface area contributed by atoms with E-state index in [0.717, 1.165) is 6.07 Å². The van der Waals surface area contributed by atoms with Gasteiger partial charge in [-0.25, -0.2) is 4.98 Å². The van der Waals surface area contributed by atoms with Crippen LogP contribution in [0.1, 0.15) is 26.5 Å². The van der Waals surface area contributed by atoms with Gasteiger partial charge in [0.25, 0.3) is 17.5 Å². The molecule has 0 unspecified atom stereocenters. The smallest absolute Gasteiger partial charge is 0.267 e. The number of nitrogens with zero attached hydrogens (tertiary/aromatic N) is 3. The van der Waals surface area contributed by atoms with Crippen LogP contribution in [-0.4, -0.2) is 26.7 Å². The fourth-order valence-corrected chi connectivity index (χ4v) is 1.52. The highest BCUT2D eigenvalue weighted by atomic mass is 16.6. The molecule has 1 heterocycles. The Labute approximate surface area is 124 Å². The van der Waals surface area contributed by atoms with Gasteiger partial charge in [0.2, 0.25) is 0 Å². The van der Waals surface area contributed by atoms with E-state index in [1.165, 1.54) is 30.6 Å². The zero-order chi connectivity index (χ0) is 16.1. The Hall–Kier alpha value is -3.36. The lowest BCUT2D eigenvalue weighted by Crippen LogP contribution is -2.42. The number of benzene rings is 1. The normalized spacial score (nSPS) is 9.86. The van der Waals surface area contributed by atoms with Gasteiger partial charge in [-0.1, -0.05) is 6.07 Å². The first-order valence-electron chi connectivity index (χ1n) is 6.11. The van der Waals surface area contributed by atoms with Crippen molar-refractivity contribution in [3.63, 3.8) is 0 Å². The molecule has 0 bridgehead atoms. The number of amides is 2. The predicted molar refractivity (Wildman–Crippen MR) is 74.8 cm³/mol. The van der Waals surface area contributed by atoms with Crippen LogP contribution < -0.4 is 10.9 Å². The van der Waals surface area contributed by atoms with Gasteiger partial charge in [-0.3, -0.25) is 35.5 Å². The molecule has 1 aromatic heterocycles. The predicted octanol–water partition coefficient (Wildman–Crippen LogP) is 0.768. The Morgan fingerprint density at radius 1 is 1.14 bits per heavy atom. The molecule has 22 heavy (non-hydrogen) atoms. The van der Waals surface area contributed by atoms with Crippen molar-refractivity contribution in [3.05, 3.63) is 63.7 Å². The van der Waals surface area contributed by atoms with E-state index >= 15 is 0 Å². The van der Waals surface area contributed by atoms with Gasteiger partial charge in [-0.2, -0.15) is 0 Å². The molecule has 0 saturated carbocycles. The summed E-state index contributed by atoms with van der Waals surface area (Å²) in [5, 5.41) is 10.6. The summed E-state index contributed by atoms with van der Waals surface area (Å²) in [6, 6.07) is 5.13. The lowest BCUT2D eigenvalue weighted by molar-refractivity contribution is -0.384. The molecule has 2 aromatic rings. The van der Waals surface area contributed by atoms with Gasteiger partial charge in [0, 0.05) is 23.9 Å². The number of hydrogen-bond donors (Lipinski definition) is 2. The lowest BCUT2D eigenvalue weighted by Gasteiger charge is -2.06. The third-order valence-electron chi connectivity index (χ3n) is 2.62. The van der Waals surface area contributed by atoms with E-state index in [4.69, 9.17) is 0 Å². The lowest BCUT2D eigenvalue weighted by atomic mass is 10.2. The molecule has 2 amide bonds. The molecule has 9 heteroatoms. The second kappa shape index (κ2) is 6.39. The Balaban J connectivity index is 2.00. The van der Waals surface area contributed by atoms with Crippen LogP contribution in [0.25, 0.3) is 0 Å². The minimum atomic E-state index is -0.683. The number of hydrogen-bond acceptors (Lipinski definition) is 6. The third kappa shape index (κ3) is 3.60. The van der Waals surface area contributed by atoms with Gasteiger partial charge in [-0.05, 0) is 13.0 Å². The molecule has 0 spiro atoms. The zero-order valence-electron chi connectivity index (χ0n) is 11.4. The minimum absolute atomic E-state index is 0.0324. The maximum Gasteiger partial charge on any atom is 0.289 e. The fraction of sp³-hybridized carbons (Fsp3) is 0.0769. The van der Waals surface area contributed by atoms with Crippen molar-refractivity contribution < 1.29 is 14.5 Å². The second-order valence-electron chi connectivity index (χ2n) is 4.26. The van der Waals surface area contributed by atoms with Crippen molar-refractivity contribution in [2.75, 3.05) is 0 Å². The fourth-order valence-electron chi connectivity index (χ4n) is 1.52. The van der Waals surface area contributed by atoms with Crippen LogP contribution in [0.3, 0.4) is 0 Å². The number of non-ortho nitro benzene ring substituents is 1. The third-order valence-corrected chi connectivity index (χ3v) is 2.62. The Morgan fingerprint density at radius 2 is 1.86 bits per heavy atom. The van der Waals surface area contributed by atoms with Crippen LogP contribution in [0.15, 0.2) is 36.7 Å². The van der Waals surface area contributed by atoms with Crippen LogP contribution in [0.5, 0.6) is 0 Å². The molecule has 1 aromatic carbocycles. The topological polar surface area (TPSA) is 127 Å². The van der Waals surface area contributed by atoms with Crippen LogP contribution in [-0.2, 0) is 0 Å². The average Bonchev–Trinajstić information content (AvgIpc) is 2.53. The summed E-state index contributed by atoms with van der Waals surface area (Å²) in [6.07, 6.45) is 2.68. The molecule has 0 aliphatic heterocycles. The number of carbonyl (C=O) groups excluding carboxylic acids is 2. The maximum atomic E-state index is 11.8. The number of aryl methyl sites for hydroxylation is 1. The van der Waals surface area contributed by atoms with Crippen molar-refractivity contribution >= 4 is 17.5 Å². The minimum Gasteiger partial charge on any atom is -0.267 e. The van der Waals surface area contributed by atoms with E-state index in [-0.39, 0.29) is 16.9 Å². The molecule has 112 valence electrons. The molecule has 0 fully saturated rings. The number of aromatic nitrogens is 2. The quantitative estimate of drug-likeness (QED) is 0.636. The first-order valence-corrected chi connectivity index (χ1v) is 6.11. The van der Waals surface area contributed by atoms with Gasteiger partial charge in [0.1, 0.15) is 5.69 Å². The van der Waals surface area contributed by atoms with Crippen molar-refractivity contribution in [2.24, 2.45) is 0 Å². The molecule has 0 atom stereocenters. The zero-order valence-corrected chi connectivity index (χ0v) is 11.4. The monoisotopic (exact) mass is 301 g/mol. The van der Waals surface area contributed by atoms with Crippen molar-refractivity contribution in [2.45, 2.75) is 6.92 Å². The maximum absolute atomic E-state index is 11.8. The van der Waals surface area contributed by atoms with Gasteiger partial charge in [0.15, 0.2) is 0 Å². The summed E-state index contributed by atoms with van der Waals surface area (Å²) in [7, 11) is 0. The van der Waals surface area contributed by atoms with Crippen molar-refractivity contribution in [1.29, 1.82) is 0 Å². The van der Waals surface area contributed by atoms with Gasteiger partial charge >= 0.3 is 0 Å². The Bertz CT molecular complexity index is 729. The first kappa shape index (κ1) is 15.0. The number of hydrazine groups is 1. The van der Waals surface area contributed by atoms with E-state index in [1.807, 2.05) is 0 Å². The van der Waals surface area contributed by atoms with Crippen LogP contribution >= 0.6 is 0 Å². The molecule has 9 nitrogen and oxygen atoms in total. The summed E-state index contributed by atoms with van der Waals surface area (Å²) in [5.41, 5.74) is 4.81. The SMILES string of the molecule is Cc1cnc(C(=O)NNC(=O)c2cccc([N+](=O)[O-])c2)cn1. The standard InChI is InChI=1S/C13H11N5O4/c1-8-6-15-11(7-14-8)13(20)17-16-12(19)9-3-2-4-10(5-9)18(21)22/h2-7H,1H3,(H,16,19)(H,17,20).